The van der Waals surface area contributed by atoms with Crippen LogP contribution in [-0.4, -0.2) is 15.7 Å². The summed E-state index contributed by atoms with van der Waals surface area (Å²) < 4.78 is 45.4. The minimum absolute atomic E-state index is 0.0717. The van der Waals surface area contributed by atoms with Crippen LogP contribution in [-0.2, 0) is 10.9 Å². The molecule has 0 saturated carbocycles. The van der Waals surface area contributed by atoms with E-state index < -0.39 is 34.9 Å². The molecule has 29 heavy (non-hydrogen) atoms. The number of aromatic nitrogens is 2. The predicted molar refractivity (Wildman–Crippen MR) is 99.8 cm³/mol. The predicted octanol–water partition coefficient (Wildman–Crippen LogP) is 4.48. The summed E-state index contributed by atoms with van der Waals surface area (Å²) in [5.74, 6) is -0.952. The highest BCUT2D eigenvalue weighted by Gasteiger charge is 2.30. The number of aryl methyl sites for hydroxylation is 1. The van der Waals surface area contributed by atoms with Gasteiger partial charge in [0.25, 0.3) is 0 Å². The Kier molecular flexibility index (Phi) is 5.54. The number of carbonyl (C=O) groups is 1. The summed E-state index contributed by atoms with van der Waals surface area (Å²) in [6, 6.07) is 14.5. The van der Waals surface area contributed by atoms with Crippen LogP contribution >= 0.6 is 0 Å². The number of alkyl halides is 3. The topological polar surface area (TPSA) is 61.2 Å². The fourth-order valence-electron chi connectivity index (χ4n) is 2.77. The maximum absolute atomic E-state index is 13.0. The second kappa shape index (κ2) is 7.90. The summed E-state index contributed by atoms with van der Waals surface area (Å²) in [6.45, 7) is 3.16. The molecule has 1 aromatic heterocycles. The van der Waals surface area contributed by atoms with Crippen LogP contribution in [0.1, 0.15) is 40.3 Å². The molecule has 0 aliphatic rings. The Morgan fingerprint density at radius 2 is 1.76 bits per heavy atom. The van der Waals surface area contributed by atoms with Crippen LogP contribution in [0.2, 0.25) is 0 Å². The number of hydrogen-bond donors (Lipinski definition) is 0. The number of carbonyl (C=O) groups excluding carboxylic acids is 1. The van der Waals surface area contributed by atoms with Gasteiger partial charge in [0.1, 0.15) is 6.10 Å². The minimum Gasteiger partial charge on any atom is -0.453 e. The van der Waals surface area contributed by atoms with Gasteiger partial charge < -0.3 is 4.74 Å². The van der Waals surface area contributed by atoms with E-state index in [0.29, 0.717) is 0 Å². The van der Waals surface area contributed by atoms with Gasteiger partial charge in [-0.05, 0) is 37.6 Å². The average molecular weight is 402 g/mol. The van der Waals surface area contributed by atoms with Gasteiger partial charge in [-0.2, -0.15) is 18.3 Å². The summed E-state index contributed by atoms with van der Waals surface area (Å²) >= 11 is 0. The van der Waals surface area contributed by atoms with Gasteiger partial charge in [-0.25, -0.2) is 9.48 Å². The zero-order valence-electron chi connectivity index (χ0n) is 15.6. The van der Waals surface area contributed by atoms with E-state index in [1.165, 1.54) is 19.1 Å². The third kappa shape index (κ3) is 4.53. The number of esters is 1. The lowest BCUT2D eigenvalue weighted by Gasteiger charge is -2.15. The van der Waals surface area contributed by atoms with Gasteiger partial charge in [-0.15, -0.1) is 0 Å². The highest BCUT2D eigenvalue weighted by atomic mass is 19.4. The molecule has 0 bridgehead atoms. The average Bonchev–Trinajstić information content (AvgIpc) is 2.68. The molecule has 1 heterocycles. The van der Waals surface area contributed by atoms with Gasteiger partial charge in [0.05, 0.1) is 11.3 Å². The van der Waals surface area contributed by atoms with Crippen LogP contribution in [0, 0.1) is 6.92 Å². The molecular weight excluding hydrogens is 385 g/mol. The smallest absolute Gasteiger partial charge is 0.416 e. The Morgan fingerprint density at radius 3 is 2.41 bits per heavy atom. The van der Waals surface area contributed by atoms with Gasteiger partial charge in [-0.1, -0.05) is 36.4 Å². The van der Waals surface area contributed by atoms with Crippen LogP contribution in [0.15, 0.2) is 65.5 Å². The van der Waals surface area contributed by atoms with Crippen molar-refractivity contribution in [1.29, 1.82) is 0 Å². The van der Waals surface area contributed by atoms with Crippen molar-refractivity contribution in [2.45, 2.75) is 26.1 Å². The molecule has 3 rings (SSSR count). The molecule has 1 atom stereocenters. The molecule has 0 fully saturated rings. The molecule has 5 nitrogen and oxygen atoms in total. The Morgan fingerprint density at radius 1 is 1.07 bits per heavy atom. The molecule has 0 unspecified atom stereocenters. The standard InChI is InChI=1S/C21H17F3N2O3/c1-13-11-18(27)19(20(28)29-14(2)15-7-4-3-5-8-15)25-26(13)17-10-6-9-16(12-17)21(22,23)24/h3-12,14H,1-2H3/t14-/m0/s1. The fourth-order valence-corrected chi connectivity index (χ4v) is 2.77. The summed E-state index contributed by atoms with van der Waals surface area (Å²) in [5.41, 5.74) is -0.959. The van der Waals surface area contributed by atoms with Gasteiger partial charge in [0, 0.05) is 11.8 Å². The quantitative estimate of drug-likeness (QED) is 0.604. The zero-order valence-corrected chi connectivity index (χ0v) is 15.6. The van der Waals surface area contributed by atoms with Crippen molar-refractivity contribution in [2.24, 2.45) is 0 Å². The summed E-state index contributed by atoms with van der Waals surface area (Å²) in [5, 5.41) is 3.97. The van der Waals surface area contributed by atoms with Crippen LogP contribution in [0.4, 0.5) is 13.2 Å². The van der Waals surface area contributed by atoms with E-state index in [2.05, 4.69) is 5.10 Å². The van der Waals surface area contributed by atoms with Crippen molar-refractivity contribution in [3.05, 3.63) is 93.4 Å². The first-order valence-corrected chi connectivity index (χ1v) is 8.71. The number of hydrogen-bond acceptors (Lipinski definition) is 4. The SMILES string of the molecule is Cc1cc(=O)c(C(=O)O[C@@H](C)c2ccccc2)nn1-c1cccc(C(F)(F)F)c1. The largest absolute Gasteiger partial charge is 0.453 e. The highest BCUT2D eigenvalue weighted by Crippen LogP contribution is 2.30. The van der Waals surface area contributed by atoms with E-state index in [9.17, 15) is 22.8 Å². The molecule has 150 valence electrons. The molecule has 0 aliphatic heterocycles. The molecule has 0 aliphatic carbocycles. The van der Waals surface area contributed by atoms with Gasteiger partial charge in [-0.3, -0.25) is 4.79 Å². The molecule has 0 radical (unpaired) electrons. The molecule has 0 saturated heterocycles. The van der Waals surface area contributed by atoms with Crippen molar-refractivity contribution >= 4 is 5.97 Å². The van der Waals surface area contributed by atoms with Crippen molar-refractivity contribution in [3.63, 3.8) is 0 Å². The summed E-state index contributed by atoms with van der Waals surface area (Å²) in [6.07, 6.45) is -5.16. The first-order valence-electron chi connectivity index (χ1n) is 8.71. The molecule has 0 spiro atoms. The molecular formula is C21H17F3N2O3. The zero-order chi connectivity index (χ0) is 21.2. The fraction of sp³-hybridized carbons (Fsp3) is 0.190. The van der Waals surface area contributed by atoms with E-state index in [0.717, 1.165) is 28.4 Å². The van der Waals surface area contributed by atoms with E-state index >= 15 is 0 Å². The lowest BCUT2D eigenvalue weighted by atomic mass is 10.1. The lowest BCUT2D eigenvalue weighted by Crippen LogP contribution is -2.25. The molecule has 2 aromatic carbocycles. The molecule has 0 N–H and O–H groups in total. The Balaban J connectivity index is 1.96. The van der Waals surface area contributed by atoms with E-state index in [1.54, 1.807) is 31.2 Å². The van der Waals surface area contributed by atoms with Crippen LogP contribution in [0.5, 0.6) is 0 Å². The van der Waals surface area contributed by atoms with Crippen molar-refractivity contribution < 1.29 is 22.7 Å². The first-order chi connectivity index (χ1) is 13.7. The minimum atomic E-state index is -4.53. The molecule has 8 heteroatoms. The Labute approximate surface area is 164 Å². The first kappa shape index (κ1) is 20.3. The van der Waals surface area contributed by atoms with E-state index in [4.69, 9.17) is 4.74 Å². The third-order valence-corrected chi connectivity index (χ3v) is 4.27. The van der Waals surface area contributed by atoms with Gasteiger partial charge >= 0.3 is 12.1 Å². The Hall–Kier alpha value is -3.42. The van der Waals surface area contributed by atoms with Crippen molar-refractivity contribution in [1.82, 2.24) is 9.78 Å². The maximum atomic E-state index is 13.0. The lowest BCUT2D eigenvalue weighted by molar-refractivity contribution is -0.137. The second-order valence-electron chi connectivity index (χ2n) is 6.42. The summed E-state index contributed by atoms with van der Waals surface area (Å²) in [4.78, 5) is 24.7. The third-order valence-electron chi connectivity index (χ3n) is 4.27. The van der Waals surface area contributed by atoms with Crippen LogP contribution in [0.3, 0.4) is 0 Å². The number of rotatable bonds is 4. The highest BCUT2D eigenvalue weighted by molar-refractivity contribution is 5.87. The van der Waals surface area contributed by atoms with Crippen LogP contribution < -0.4 is 5.43 Å². The van der Waals surface area contributed by atoms with Crippen LogP contribution in [0.25, 0.3) is 5.69 Å². The van der Waals surface area contributed by atoms with E-state index in [1.807, 2.05) is 6.07 Å². The molecule has 3 aromatic rings. The van der Waals surface area contributed by atoms with Gasteiger partial charge in [0.15, 0.2) is 0 Å². The Bertz CT molecular complexity index is 1090. The normalized spacial score (nSPS) is 12.4. The van der Waals surface area contributed by atoms with E-state index in [-0.39, 0.29) is 11.4 Å². The number of ether oxygens (including phenoxy) is 1. The number of benzene rings is 2. The number of nitrogens with zero attached hydrogens (tertiary/aromatic N) is 2. The molecule has 0 amide bonds. The second-order valence-corrected chi connectivity index (χ2v) is 6.42. The van der Waals surface area contributed by atoms with Crippen molar-refractivity contribution in [3.8, 4) is 5.69 Å². The van der Waals surface area contributed by atoms with Gasteiger partial charge in [0.2, 0.25) is 11.1 Å². The number of halogens is 3. The monoisotopic (exact) mass is 402 g/mol. The van der Waals surface area contributed by atoms with Crippen molar-refractivity contribution in [2.75, 3.05) is 0 Å². The maximum Gasteiger partial charge on any atom is 0.416 e. The summed E-state index contributed by atoms with van der Waals surface area (Å²) in [7, 11) is 0.